The molecule has 0 aromatic heterocycles. The molecule has 27 heavy (non-hydrogen) atoms. The van der Waals surface area contributed by atoms with Crippen molar-refractivity contribution in [1.82, 2.24) is 9.21 Å². The number of hydrogen-bond donors (Lipinski definition) is 0. The van der Waals surface area contributed by atoms with Gasteiger partial charge in [0.05, 0.1) is 0 Å². The van der Waals surface area contributed by atoms with Crippen LogP contribution in [0.2, 0.25) is 5.02 Å². The quantitative estimate of drug-likeness (QED) is 0.761. The lowest BCUT2D eigenvalue weighted by atomic mass is 10.1. The Hall–Kier alpha value is -1.96. The van der Waals surface area contributed by atoms with Crippen LogP contribution in [0, 0.1) is 5.82 Å². The SMILES string of the molecule is O=C(CCc1ccccc1Cl)N1CCN(S(=O)(=O)c2ccccc2F)CC1. The van der Waals surface area contributed by atoms with Gasteiger partial charge in [-0.15, -0.1) is 0 Å². The van der Waals surface area contributed by atoms with Crippen LogP contribution in [0.25, 0.3) is 0 Å². The smallest absolute Gasteiger partial charge is 0.246 e. The third kappa shape index (κ3) is 4.48. The fraction of sp³-hybridized carbons (Fsp3) is 0.316. The zero-order chi connectivity index (χ0) is 19.4. The van der Waals surface area contributed by atoms with Gasteiger partial charge >= 0.3 is 0 Å². The van der Waals surface area contributed by atoms with E-state index >= 15 is 0 Å². The first-order chi connectivity index (χ1) is 12.9. The van der Waals surface area contributed by atoms with Crippen molar-refractivity contribution in [3.8, 4) is 0 Å². The van der Waals surface area contributed by atoms with E-state index in [0.717, 1.165) is 11.6 Å². The lowest BCUT2D eigenvalue weighted by Crippen LogP contribution is -2.50. The fourth-order valence-corrected chi connectivity index (χ4v) is 4.79. The van der Waals surface area contributed by atoms with E-state index in [1.54, 1.807) is 11.0 Å². The number of aryl methyl sites for hydroxylation is 1. The highest BCUT2D eigenvalue weighted by Crippen LogP contribution is 2.21. The lowest BCUT2D eigenvalue weighted by Gasteiger charge is -2.34. The maximum atomic E-state index is 13.9. The van der Waals surface area contributed by atoms with Crippen molar-refractivity contribution in [1.29, 1.82) is 0 Å². The Balaban J connectivity index is 1.58. The predicted octanol–water partition coefficient (Wildman–Crippen LogP) is 2.94. The average Bonchev–Trinajstić information content (AvgIpc) is 2.67. The summed E-state index contributed by atoms with van der Waals surface area (Å²) < 4.78 is 40.3. The molecule has 144 valence electrons. The Morgan fingerprint density at radius 3 is 2.30 bits per heavy atom. The molecule has 1 aliphatic rings. The van der Waals surface area contributed by atoms with E-state index in [1.807, 2.05) is 18.2 Å². The molecule has 5 nitrogen and oxygen atoms in total. The minimum Gasteiger partial charge on any atom is -0.340 e. The number of piperazine rings is 1. The molecule has 1 saturated heterocycles. The van der Waals surface area contributed by atoms with Crippen LogP contribution >= 0.6 is 11.6 Å². The molecule has 0 radical (unpaired) electrons. The monoisotopic (exact) mass is 410 g/mol. The first kappa shape index (κ1) is 19.8. The molecule has 0 bridgehead atoms. The third-order valence-electron chi connectivity index (χ3n) is 4.61. The van der Waals surface area contributed by atoms with Crippen molar-refractivity contribution in [2.75, 3.05) is 26.2 Å². The number of halogens is 2. The van der Waals surface area contributed by atoms with Crippen molar-refractivity contribution in [2.24, 2.45) is 0 Å². The van der Waals surface area contributed by atoms with Crippen LogP contribution in [0.15, 0.2) is 53.4 Å². The molecule has 3 rings (SSSR count). The molecule has 2 aromatic rings. The Morgan fingerprint density at radius 1 is 1.00 bits per heavy atom. The summed E-state index contributed by atoms with van der Waals surface area (Å²) in [6.07, 6.45) is 0.843. The summed E-state index contributed by atoms with van der Waals surface area (Å²) in [6, 6.07) is 12.7. The molecule has 0 unspecified atom stereocenters. The van der Waals surface area contributed by atoms with Gasteiger partial charge < -0.3 is 4.90 Å². The average molecular weight is 411 g/mol. The molecule has 0 spiro atoms. The normalized spacial score (nSPS) is 15.7. The number of carbonyl (C=O) groups is 1. The summed E-state index contributed by atoms with van der Waals surface area (Å²) in [5, 5.41) is 0.631. The maximum absolute atomic E-state index is 13.9. The van der Waals surface area contributed by atoms with Gasteiger partial charge in [0.1, 0.15) is 10.7 Å². The summed E-state index contributed by atoms with van der Waals surface area (Å²) in [7, 11) is -3.90. The van der Waals surface area contributed by atoms with Crippen LogP contribution < -0.4 is 0 Å². The van der Waals surface area contributed by atoms with Crippen molar-refractivity contribution < 1.29 is 17.6 Å². The number of carbonyl (C=O) groups excluding carboxylic acids is 1. The zero-order valence-corrected chi connectivity index (χ0v) is 16.2. The van der Waals surface area contributed by atoms with E-state index in [2.05, 4.69) is 0 Å². The molecule has 1 amide bonds. The molecular weight excluding hydrogens is 391 g/mol. The lowest BCUT2D eigenvalue weighted by molar-refractivity contribution is -0.132. The zero-order valence-electron chi connectivity index (χ0n) is 14.6. The van der Waals surface area contributed by atoms with Gasteiger partial charge in [-0.05, 0) is 30.2 Å². The first-order valence-electron chi connectivity index (χ1n) is 8.65. The van der Waals surface area contributed by atoms with Crippen molar-refractivity contribution >= 4 is 27.5 Å². The molecule has 2 aromatic carbocycles. The second-order valence-electron chi connectivity index (χ2n) is 6.31. The topological polar surface area (TPSA) is 57.7 Å². The second-order valence-corrected chi connectivity index (χ2v) is 8.62. The number of benzene rings is 2. The minimum absolute atomic E-state index is 0.0436. The van der Waals surface area contributed by atoms with Crippen molar-refractivity contribution in [3.63, 3.8) is 0 Å². The highest BCUT2D eigenvalue weighted by atomic mass is 35.5. The molecule has 0 N–H and O–H groups in total. The number of hydrogen-bond acceptors (Lipinski definition) is 3. The van der Waals surface area contributed by atoms with Crippen LogP contribution in [0.5, 0.6) is 0 Å². The number of nitrogens with zero attached hydrogens (tertiary/aromatic N) is 2. The Bertz CT molecular complexity index is 928. The number of amides is 1. The van der Waals surface area contributed by atoms with Crippen LogP contribution in [0.4, 0.5) is 4.39 Å². The van der Waals surface area contributed by atoms with Gasteiger partial charge in [-0.3, -0.25) is 4.79 Å². The van der Waals surface area contributed by atoms with Gasteiger partial charge in [-0.1, -0.05) is 41.9 Å². The highest BCUT2D eigenvalue weighted by Gasteiger charge is 2.31. The molecule has 1 aliphatic heterocycles. The minimum atomic E-state index is -3.90. The molecule has 0 atom stereocenters. The standard InChI is InChI=1S/C19H20ClFN2O3S/c20-16-6-2-1-5-15(16)9-10-19(24)22-11-13-23(14-12-22)27(25,26)18-8-4-3-7-17(18)21/h1-8H,9-14H2. The fourth-order valence-electron chi connectivity index (χ4n) is 3.07. The third-order valence-corrected chi connectivity index (χ3v) is 6.91. The predicted molar refractivity (Wildman–Crippen MR) is 102 cm³/mol. The van der Waals surface area contributed by atoms with E-state index in [1.165, 1.54) is 22.5 Å². The molecular formula is C19H20ClFN2O3S. The number of sulfonamides is 1. The van der Waals surface area contributed by atoms with E-state index in [9.17, 15) is 17.6 Å². The molecule has 0 aliphatic carbocycles. The Labute approximate surface area is 163 Å². The van der Waals surface area contributed by atoms with Gasteiger partial charge in [0.25, 0.3) is 0 Å². The van der Waals surface area contributed by atoms with Crippen molar-refractivity contribution in [2.45, 2.75) is 17.7 Å². The largest absolute Gasteiger partial charge is 0.340 e. The van der Waals surface area contributed by atoms with E-state index < -0.39 is 15.8 Å². The summed E-state index contributed by atoms with van der Waals surface area (Å²) in [5.74, 6) is -0.811. The van der Waals surface area contributed by atoms with Gasteiger partial charge in [-0.2, -0.15) is 4.31 Å². The molecule has 8 heteroatoms. The number of rotatable bonds is 5. The maximum Gasteiger partial charge on any atom is 0.246 e. The van der Waals surface area contributed by atoms with Crippen LogP contribution in [-0.4, -0.2) is 49.7 Å². The van der Waals surface area contributed by atoms with E-state index in [4.69, 9.17) is 11.6 Å². The summed E-state index contributed by atoms with van der Waals surface area (Å²) in [5.41, 5.74) is 0.910. The second kappa shape index (κ2) is 8.37. The summed E-state index contributed by atoms with van der Waals surface area (Å²) in [6.45, 7) is 0.868. The molecule has 1 fully saturated rings. The highest BCUT2D eigenvalue weighted by molar-refractivity contribution is 7.89. The van der Waals surface area contributed by atoms with Gasteiger partial charge in [0, 0.05) is 37.6 Å². The van der Waals surface area contributed by atoms with Gasteiger partial charge in [0.2, 0.25) is 15.9 Å². The van der Waals surface area contributed by atoms with E-state index in [0.29, 0.717) is 17.9 Å². The molecule has 0 saturated carbocycles. The summed E-state index contributed by atoms with van der Waals surface area (Å²) in [4.78, 5) is 13.7. The van der Waals surface area contributed by atoms with Crippen LogP contribution in [-0.2, 0) is 21.2 Å². The Kier molecular flexibility index (Phi) is 6.14. The Morgan fingerprint density at radius 2 is 1.63 bits per heavy atom. The van der Waals surface area contributed by atoms with Crippen molar-refractivity contribution in [3.05, 3.63) is 64.9 Å². The summed E-state index contributed by atoms with van der Waals surface area (Å²) >= 11 is 6.10. The van der Waals surface area contributed by atoms with Crippen LogP contribution in [0.1, 0.15) is 12.0 Å². The van der Waals surface area contributed by atoms with Crippen LogP contribution in [0.3, 0.4) is 0 Å². The first-order valence-corrected chi connectivity index (χ1v) is 10.5. The van der Waals surface area contributed by atoms with Gasteiger partial charge in [-0.25, -0.2) is 12.8 Å². The van der Waals surface area contributed by atoms with Gasteiger partial charge in [0.15, 0.2) is 0 Å². The van der Waals surface area contributed by atoms with E-state index in [-0.39, 0.29) is 37.0 Å². The molecule has 1 heterocycles.